The van der Waals surface area contributed by atoms with Crippen molar-refractivity contribution >= 4 is 24.2 Å². The molecule has 1 saturated heterocycles. The number of carbonyl (C=O) groups is 2. The molecule has 0 atom stereocenters. The minimum Gasteiger partial charge on any atom is -0.352 e. The number of hydrogen-bond donors (Lipinski definition) is 3. The zero-order valence-electron chi connectivity index (χ0n) is 16.9. The lowest BCUT2D eigenvalue weighted by atomic mass is 9.49. The van der Waals surface area contributed by atoms with Gasteiger partial charge in [0.15, 0.2) is 0 Å². The van der Waals surface area contributed by atoms with Crippen LogP contribution in [0.2, 0.25) is 0 Å². The first-order valence-corrected chi connectivity index (χ1v) is 11.0. The van der Waals surface area contributed by atoms with E-state index < -0.39 is 0 Å². The monoisotopic (exact) mass is 417 g/mol. The van der Waals surface area contributed by atoms with E-state index in [9.17, 15) is 9.59 Å². The minimum atomic E-state index is -0.0923. The van der Waals surface area contributed by atoms with Crippen molar-refractivity contribution in [3.8, 4) is 0 Å². The van der Waals surface area contributed by atoms with Gasteiger partial charge in [0.25, 0.3) is 5.91 Å². The third-order valence-corrected chi connectivity index (χ3v) is 7.61. The van der Waals surface area contributed by atoms with Gasteiger partial charge in [0.1, 0.15) is 0 Å². The number of amides is 2. The molecule has 4 saturated carbocycles. The normalized spacial score (nSPS) is 32.2. The number of hydrogen-bond acceptors (Lipinski definition) is 3. The Morgan fingerprint density at radius 1 is 0.931 bits per heavy atom. The summed E-state index contributed by atoms with van der Waals surface area (Å²) >= 11 is 0. The zero-order chi connectivity index (χ0) is 19.1. The smallest absolute Gasteiger partial charge is 0.251 e. The molecular formula is C23H32ClN3O2. The van der Waals surface area contributed by atoms with Gasteiger partial charge in [-0.1, -0.05) is 12.1 Å². The second-order valence-electron chi connectivity index (χ2n) is 9.81. The summed E-state index contributed by atoms with van der Waals surface area (Å²) in [4.78, 5) is 25.3. The maximum atomic E-state index is 13.0. The van der Waals surface area contributed by atoms with Crippen LogP contribution in [0.25, 0.3) is 0 Å². The highest BCUT2D eigenvalue weighted by Gasteiger charge is 2.54. The van der Waals surface area contributed by atoms with E-state index in [1.165, 1.54) is 19.3 Å². The summed E-state index contributed by atoms with van der Waals surface area (Å²) in [5, 5.41) is 9.42. The SMILES string of the molecule is Cl.O=C(NCC1CNC1)c1ccc(CNC(=O)C23CC4CC(CC(C4)C2)C3)cc1. The van der Waals surface area contributed by atoms with Crippen LogP contribution < -0.4 is 16.0 Å². The molecule has 0 spiro atoms. The molecule has 0 radical (unpaired) electrons. The average molecular weight is 418 g/mol. The van der Waals surface area contributed by atoms with Crippen LogP contribution in [0.1, 0.15) is 54.4 Å². The Hall–Kier alpha value is -1.59. The van der Waals surface area contributed by atoms with Gasteiger partial charge < -0.3 is 16.0 Å². The van der Waals surface area contributed by atoms with E-state index in [0.717, 1.165) is 62.2 Å². The van der Waals surface area contributed by atoms with Gasteiger partial charge in [0.05, 0.1) is 0 Å². The summed E-state index contributed by atoms with van der Waals surface area (Å²) < 4.78 is 0. The molecule has 6 rings (SSSR count). The molecule has 5 aliphatic rings. The van der Waals surface area contributed by atoms with E-state index in [1.54, 1.807) is 0 Å². The Kier molecular flexibility index (Phi) is 5.90. The largest absolute Gasteiger partial charge is 0.352 e. The topological polar surface area (TPSA) is 70.2 Å². The number of benzene rings is 1. The Morgan fingerprint density at radius 3 is 2.03 bits per heavy atom. The molecule has 4 aliphatic carbocycles. The molecule has 3 N–H and O–H groups in total. The van der Waals surface area contributed by atoms with Crippen molar-refractivity contribution in [2.24, 2.45) is 29.1 Å². The van der Waals surface area contributed by atoms with E-state index in [-0.39, 0.29) is 29.6 Å². The lowest BCUT2D eigenvalue weighted by Crippen LogP contribution is -2.53. The van der Waals surface area contributed by atoms with Crippen LogP contribution in [0.15, 0.2) is 24.3 Å². The Morgan fingerprint density at radius 2 is 1.52 bits per heavy atom. The third kappa shape index (κ3) is 4.17. The molecule has 1 heterocycles. The van der Waals surface area contributed by atoms with Crippen LogP contribution >= 0.6 is 12.4 Å². The molecule has 0 aromatic heterocycles. The number of rotatable bonds is 6. The average Bonchev–Trinajstić information content (AvgIpc) is 2.64. The third-order valence-electron chi connectivity index (χ3n) is 7.61. The molecule has 1 aliphatic heterocycles. The molecule has 6 heteroatoms. The predicted octanol–water partition coefficient (Wildman–Crippen LogP) is 2.89. The van der Waals surface area contributed by atoms with Gasteiger partial charge in [0, 0.05) is 43.1 Å². The van der Waals surface area contributed by atoms with Gasteiger partial charge in [-0.05, 0) is 74.0 Å². The lowest BCUT2D eigenvalue weighted by molar-refractivity contribution is -0.146. The second kappa shape index (κ2) is 8.27. The van der Waals surface area contributed by atoms with Crippen molar-refractivity contribution in [2.45, 2.75) is 45.1 Å². The molecule has 29 heavy (non-hydrogen) atoms. The van der Waals surface area contributed by atoms with Crippen molar-refractivity contribution in [3.63, 3.8) is 0 Å². The summed E-state index contributed by atoms with van der Waals surface area (Å²) in [6.45, 7) is 3.26. The van der Waals surface area contributed by atoms with Crippen molar-refractivity contribution in [3.05, 3.63) is 35.4 Å². The molecule has 5 nitrogen and oxygen atoms in total. The van der Waals surface area contributed by atoms with Gasteiger partial charge >= 0.3 is 0 Å². The van der Waals surface area contributed by atoms with Crippen LogP contribution in [-0.2, 0) is 11.3 Å². The molecule has 0 unspecified atom stereocenters. The fraction of sp³-hybridized carbons (Fsp3) is 0.652. The molecular weight excluding hydrogens is 386 g/mol. The van der Waals surface area contributed by atoms with Crippen molar-refractivity contribution in [1.29, 1.82) is 0 Å². The molecule has 1 aromatic carbocycles. The maximum Gasteiger partial charge on any atom is 0.251 e. The fourth-order valence-corrected chi connectivity index (χ4v) is 6.36. The van der Waals surface area contributed by atoms with Crippen LogP contribution in [0.4, 0.5) is 0 Å². The molecule has 1 aromatic rings. The first kappa shape index (κ1) is 20.7. The van der Waals surface area contributed by atoms with Gasteiger partial charge in [-0.3, -0.25) is 9.59 Å². The second-order valence-corrected chi connectivity index (χ2v) is 9.81. The summed E-state index contributed by atoms with van der Waals surface area (Å²) in [6.07, 6.45) is 7.36. The highest BCUT2D eigenvalue weighted by atomic mass is 35.5. The van der Waals surface area contributed by atoms with Gasteiger partial charge in [-0.2, -0.15) is 0 Å². The first-order chi connectivity index (χ1) is 13.6. The van der Waals surface area contributed by atoms with Gasteiger partial charge in [-0.15, -0.1) is 12.4 Å². The van der Waals surface area contributed by atoms with Crippen LogP contribution in [0.3, 0.4) is 0 Å². The van der Waals surface area contributed by atoms with E-state index in [2.05, 4.69) is 16.0 Å². The van der Waals surface area contributed by atoms with E-state index in [0.29, 0.717) is 18.0 Å². The minimum absolute atomic E-state index is 0. The number of carbonyl (C=O) groups excluding carboxylic acids is 2. The van der Waals surface area contributed by atoms with E-state index in [4.69, 9.17) is 0 Å². The van der Waals surface area contributed by atoms with Crippen molar-refractivity contribution in [1.82, 2.24) is 16.0 Å². The Labute approximate surface area is 179 Å². The fourth-order valence-electron chi connectivity index (χ4n) is 6.36. The summed E-state index contributed by atoms with van der Waals surface area (Å²) in [5.41, 5.74) is 1.64. The first-order valence-electron chi connectivity index (χ1n) is 11.0. The summed E-state index contributed by atoms with van der Waals surface area (Å²) in [5.74, 6) is 3.16. The predicted molar refractivity (Wildman–Crippen MR) is 115 cm³/mol. The molecule has 158 valence electrons. The Balaban J connectivity index is 0.00000205. The highest BCUT2D eigenvalue weighted by Crippen LogP contribution is 2.60. The van der Waals surface area contributed by atoms with Crippen molar-refractivity contribution < 1.29 is 9.59 Å². The van der Waals surface area contributed by atoms with Crippen LogP contribution in [-0.4, -0.2) is 31.4 Å². The molecule has 4 bridgehead atoms. The van der Waals surface area contributed by atoms with E-state index >= 15 is 0 Å². The number of nitrogens with one attached hydrogen (secondary N) is 3. The molecule has 2 amide bonds. The molecule has 5 fully saturated rings. The van der Waals surface area contributed by atoms with E-state index in [1.807, 2.05) is 24.3 Å². The van der Waals surface area contributed by atoms with Gasteiger partial charge in [-0.25, -0.2) is 0 Å². The number of halogens is 1. The standard InChI is InChI=1S/C23H31N3O2.ClH/c27-21(25-14-19-11-24-12-19)20-3-1-15(2-4-20)13-26-22(28)23-8-16-5-17(9-23)7-18(6-16)10-23;/h1-4,16-19,24H,5-14H2,(H,25,27)(H,26,28);1H. The quantitative estimate of drug-likeness (QED) is 0.666. The zero-order valence-corrected chi connectivity index (χ0v) is 17.7. The van der Waals surface area contributed by atoms with Gasteiger partial charge in [0.2, 0.25) is 5.91 Å². The lowest BCUT2D eigenvalue weighted by Gasteiger charge is -2.55. The summed E-state index contributed by atoms with van der Waals surface area (Å²) in [6, 6.07) is 7.64. The summed E-state index contributed by atoms with van der Waals surface area (Å²) in [7, 11) is 0. The highest BCUT2D eigenvalue weighted by molar-refractivity contribution is 5.94. The van der Waals surface area contributed by atoms with Crippen molar-refractivity contribution in [2.75, 3.05) is 19.6 Å². The van der Waals surface area contributed by atoms with Crippen LogP contribution in [0.5, 0.6) is 0 Å². The maximum absolute atomic E-state index is 13.0. The Bertz CT molecular complexity index is 725. The van der Waals surface area contributed by atoms with Crippen LogP contribution in [0, 0.1) is 29.1 Å².